The lowest BCUT2D eigenvalue weighted by molar-refractivity contribution is -0.268. The minimum atomic E-state index is -0.981. The summed E-state index contributed by atoms with van der Waals surface area (Å²) in [4.78, 5) is 41.0. The first-order valence-electron chi connectivity index (χ1n) is 18.0. The van der Waals surface area contributed by atoms with Crippen molar-refractivity contribution in [3.8, 4) is 11.1 Å². The number of ether oxygens (including phenoxy) is 3. The van der Waals surface area contributed by atoms with Crippen LogP contribution in [0.5, 0.6) is 0 Å². The summed E-state index contributed by atoms with van der Waals surface area (Å²) < 4.78 is 18.7. The van der Waals surface area contributed by atoms with E-state index in [1.165, 1.54) is 9.80 Å². The van der Waals surface area contributed by atoms with Crippen LogP contribution in [0, 0.1) is 5.92 Å². The summed E-state index contributed by atoms with van der Waals surface area (Å²) in [6.45, 7) is 2.27. The van der Waals surface area contributed by atoms with Crippen LogP contribution < -0.4 is 5.32 Å². The zero-order valence-corrected chi connectivity index (χ0v) is 30.7. The standard InChI is InChI=1S/C44H42N2O7S/c1-29-39(28-54-37-16-6-3-7-17-37)52-43(53-41(29)33-20-18-30(26-47)19-21-33)36-15-9-14-35(23-36)34-13-8-12-32(22-34)25-46-40(48)24-38(42(46)49)45-44(50)51-27-31-10-4-2-5-11-31/h2-23,29,38-39,41,43,47H,24-28H2,1H3,(H,45,50)/t29-,38?,39+,41+,43+/m1/s1. The molecule has 2 saturated heterocycles. The maximum atomic E-state index is 13.2. The van der Waals surface area contributed by atoms with Gasteiger partial charge in [-0.2, -0.15) is 0 Å². The molecule has 54 heavy (non-hydrogen) atoms. The molecular formula is C44H42N2O7S. The number of imide groups is 1. The monoisotopic (exact) mass is 742 g/mol. The summed E-state index contributed by atoms with van der Waals surface area (Å²) in [5.41, 5.74) is 6.17. The molecule has 0 aromatic heterocycles. The van der Waals surface area contributed by atoms with Crippen LogP contribution in [0.15, 0.2) is 138 Å². The van der Waals surface area contributed by atoms with E-state index in [1.807, 2.05) is 115 Å². The first-order chi connectivity index (χ1) is 26.3. The quantitative estimate of drug-likeness (QED) is 0.0978. The first kappa shape index (κ1) is 37.1. The van der Waals surface area contributed by atoms with Gasteiger partial charge in [0.2, 0.25) is 5.91 Å². The predicted octanol–water partition coefficient (Wildman–Crippen LogP) is 7.98. The van der Waals surface area contributed by atoms with Gasteiger partial charge in [-0.3, -0.25) is 14.5 Å². The Hall–Kier alpha value is -5.26. The Morgan fingerprint density at radius 3 is 2.22 bits per heavy atom. The average Bonchev–Trinajstić information content (AvgIpc) is 3.47. The Bertz CT molecular complexity index is 2060. The van der Waals surface area contributed by atoms with Crippen molar-refractivity contribution in [2.45, 2.75) is 62.5 Å². The van der Waals surface area contributed by atoms with Gasteiger partial charge in [0.1, 0.15) is 12.6 Å². The number of carbonyl (C=O) groups is 3. The van der Waals surface area contributed by atoms with Crippen molar-refractivity contribution in [3.63, 3.8) is 0 Å². The third kappa shape index (κ3) is 8.91. The van der Waals surface area contributed by atoms with Crippen molar-refractivity contribution >= 4 is 29.7 Å². The number of alkyl carbamates (subject to hydrolysis) is 1. The Balaban J connectivity index is 1.05. The van der Waals surface area contributed by atoms with E-state index in [2.05, 4.69) is 30.4 Å². The lowest BCUT2D eigenvalue weighted by atomic mass is 9.91. The molecule has 5 atom stereocenters. The third-order valence-electron chi connectivity index (χ3n) is 9.79. The molecule has 9 nitrogen and oxygen atoms in total. The maximum Gasteiger partial charge on any atom is 0.408 e. The summed E-state index contributed by atoms with van der Waals surface area (Å²) in [5, 5.41) is 12.2. The minimum Gasteiger partial charge on any atom is -0.445 e. The van der Waals surface area contributed by atoms with E-state index in [1.54, 1.807) is 11.8 Å². The SMILES string of the molecule is C[C@@H]1[C@H](CSc2ccccc2)O[C@H](c2cccc(-c3cccc(CN4C(=O)CC(NC(=O)OCc5ccccc5)C4=O)c3)c2)O[C@@H]1c1ccc(CO)cc1. The van der Waals surface area contributed by atoms with Gasteiger partial charge in [0.25, 0.3) is 5.91 Å². The van der Waals surface area contributed by atoms with Crippen molar-refractivity contribution in [3.05, 3.63) is 161 Å². The molecule has 0 aliphatic carbocycles. The van der Waals surface area contributed by atoms with Gasteiger partial charge in [0, 0.05) is 22.1 Å². The van der Waals surface area contributed by atoms with Gasteiger partial charge in [-0.1, -0.05) is 116 Å². The van der Waals surface area contributed by atoms with Crippen LogP contribution in [0.25, 0.3) is 11.1 Å². The van der Waals surface area contributed by atoms with Gasteiger partial charge in [0.05, 0.1) is 31.8 Å². The normalized spacial score (nSPS) is 21.2. The Labute approximate surface area is 319 Å². The van der Waals surface area contributed by atoms with Gasteiger partial charge in [0.15, 0.2) is 6.29 Å². The second-order valence-corrected chi connectivity index (χ2v) is 14.6. The van der Waals surface area contributed by atoms with Gasteiger partial charge < -0.3 is 24.6 Å². The Morgan fingerprint density at radius 2 is 1.48 bits per heavy atom. The molecule has 0 spiro atoms. The zero-order chi connectivity index (χ0) is 37.4. The Morgan fingerprint density at radius 1 is 0.796 bits per heavy atom. The zero-order valence-electron chi connectivity index (χ0n) is 29.9. The summed E-state index contributed by atoms with van der Waals surface area (Å²) in [5.74, 6) is -0.0208. The molecule has 10 heteroatoms. The molecule has 7 rings (SSSR count). The van der Waals surface area contributed by atoms with E-state index < -0.39 is 24.3 Å². The molecule has 2 N–H and O–H groups in total. The topological polar surface area (TPSA) is 114 Å². The fraction of sp³-hybridized carbons (Fsp3) is 0.250. The number of nitrogens with one attached hydrogen (secondary N) is 1. The van der Waals surface area contributed by atoms with E-state index in [-0.39, 0.29) is 50.2 Å². The molecule has 2 fully saturated rings. The molecule has 2 aliphatic rings. The summed E-state index contributed by atoms with van der Waals surface area (Å²) >= 11 is 1.76. The highest BCUT2D eigenvalue weighted by atomic mass is 32.2. The summed E-state index contributed by atoms with van der Waals surface area (Å²) in [6.07, 6.45) is -1.84. The number of hydrogen-bond donors (Lipinski definition) is 2. The highest BCUT2D eigenvalue weighted by Crippen LogP contribution is 2.43. The average molecular weight is 743 g/mol. The second kappa shape index (κ2) is 17.3. The van der Waals surface area contributed by atoms with E-state index >= 15 is 0 Å². The fourth-order valence-electron chi connectivity index (χ4n) is 6.77. The number of aliphatic hydroxyl groups is 1. The number of carbonyl (C=O) groups excluding carboxylic acids is 3. The molecule has 5 aromatic carbocycles. The number of amides is 3. The van der Waals surface area contributed by atoms with Crippen LogP contribution in [0.1, 0.15) is 53.6 Å². The predicted molar refractivity (Wildman–Crippen MR) is 206 cm³/mol. The minimum absolute atomic E-state index is 0.0220. The van der Waals surface area contributed by atoms with Crippen molar-refractivity contribution in [2.75, 3.05) is 5.75 Å². The Kier molecular flexibility index (Phi) is 11.8. The highest BCUT2D eigenvalue weighted by molar-refractivity contribution is 7.99. The van der Waals surface area contributed by atoms with Crippen LogP contribution in [-0.4, -0.2) is 45.8 Å². The van der Waals surface area contributed by atoms with Crippen LogP contribution in [0.4, 0.5) is 4.79 Å². The van der Waals surface area contributed by atoms with Crippen molar-refractivity contribution < 1.29 is 33.7 Å². The number of hydrogen-bond acceptors (Lipinski definition) is 8. The summed E-state index contributed by atoms with van der Waals surface area (Å²) in [6, 6.07) is 42.2. The van der Waals surface area contributed by atoms with E-state index in [0.29, 0.717) is 0 Å². The van der Waals surface area contributed by atoms with Crippen molar-refractivity contribution in [1.29, 1.82) is 0 Å². The molecule has 0 bridgehead atoms. The van der Waals surface area contributed by atoms with Gasteiger partial charge in [-0.15, -0.1) is 11.8 Å². The smallest absolute Gasteiger partial charge is 0.408 e. The number of benzene rings is 5. The molecule has 3 amide bonds. The molecule has 0 saturated carbocycles. The molecular weight excluding hydrogens is 701 g/mol. The first-order valence-corrected chi connectivity index (χ1v) is 19.0. The molecule has 5 aromatic rings. The van der Waals surface area contributed by atoms with Crippen LogP contribution in [-0.2, 0) is 43.6 Å². The van der Waals surface area contributed by atoms with Gasteiger partial charge in [-0.25, -0.2) is 4.79 Å². The lowest BCUT2D eigenvalue weighted by Crippen LogP contribution is -2.41. The lowest BCUT2D eigenvalue weighted by Gasteiger charge is -2.41. The van der Waals surface area contributed by atoms with Crippen LogP contribution >= 0.6 is 11.8 Å². The van der Waals surface area contributed by atoms with E-state index in [9.17, 15) is 19.5 Å². The maximum absolute atomic E-state index is 13.2. The van der Waals surface area contributed by atoms with Crippen LogP contribution in [0.3, 0.4) is 0 Å². The second-order valence-electron chi connectivity index (χ2n) is 13.6. The van der Waals surface area contributed by atoms with E-state index in [4.69, 9.17) is 14.2 Å². The highest BCUT2D eigenvalue weighted by Gasteiger charge is 2.40. The molecule has 1 unspecified atom stereocenters. The summed E-state index contributed by atoms with van der Waals surface area (Å²) in [7, 11) is 0. The number of rotatable bonds is 12. The number of likely N-dealkylation sites (tertiary alicyclic amines) is 1. The number of aliphatic hydroxyl groups excluding tert-OH is 1. The molecule has 0 radical (unpaired) electrons. The van der Waals surface area contributed by atoms with Gasteiger partial charge in [-0.05, 0) is 57.6 Å². The third-order valence-corrected chi connectivity index (χ3v) is 10.9. The fourth-order valence-corrected chi connectivity index (χ4v) is 7.86. The van der Waals surface area contributed by atoms with E-state index in [0.717, 1.165) is 44.7 Å². The van der Waals surface area contributed by atoms with Crippen molar-refractivity contribution in [1.82, 2.24) is 10.2 Å². The van der Waals surface area contributed by atoms with Gasteiger partial charge >= 0.3 is 6.09 Å². The molecule has 2 aliphatic heterocycles. The number of nitrogens with zero attached hydrogens (tertiary/aromatic N) is 1. The molecule has 2 heterocycles. The number of thioether (sulfide) groups is 1. The molecule has 276 valence electrons. The van der Waals surface area contributed by atoms with Crippen molar-refractivity contribution in [2.24, 2.45) is 5.92 Å². The largest absolute Gasteiger partial charge is 0.445 e. The van der Waals surface area contributed by atoms with Crippen LogP contribution in [0.2, 0.25) is 0 Å².